The molecule has 0 fully saturated rings. The minimum Gasteiger partial charge on any atom is -1.00 e. The van der Waals surface area contributed by atoms with Crippen molar-refractivity contribution in [2.75, 3.05) is 0 Å². The van der Waals surface area contributed by atoms with Crippen molar-refractivity contribution >= 4 is 6.41 Å². The smallest absolute Gasteiger partial charge is 0.380 e. The summed E-state index contributed by atoms with van der Waals surface area (Å²) in [5.41, 5.74) is 1.16. The number of rotatable bonds is 1. The molecular weight excluding hydrogens is 194 g/mol. The Hall–Kier alpha value is -0.700. The average molecular weight is 202 g/mol. The number of halogens is 1. The van der Waals surface area contributed by atoms with Gasteiger partial charge in [-0.3, -0.25) is 0 Å². The zero-order valence-electron chi connectivity index (χ0n) is 5.62. The molecule has 1 aromatic heterocycles. The van der Waals surface area contributed by atoms with E-state index < -0.39 is 0 Å². The number of aryl methyl sites for hydroxylation is 1. The van der Waals surface area contributed by atoms with Crippen LogP contribution in [0.15, 0.2) is 24.5 Å². The van der Waals surface area contributed by atoms with Crippen molar-refractivity contribution in [3.63, 3.8) is 0 Å². The second kappa shape index (κ2) is 4.17. The summed E-state index contributed by atoms with van der Waals surface area (Å²) in [7, 11) is 0. The normalized spacial score (nSPS) is 8.10. The minimum absolute atomic E-state index is 0. The van der Waals surface area contributed by atoms with E-state index in [2.05, 4.69) is 0 Å². The summed E-state index contributed by atoms with van der Waals surface area (Å²) in [4.78, 5) is 10.1. The highest BCUT2D eigenvalue weighted by molar-refractivity contribution is 5.34. The van der Waals surface area contributed by atoms with Crippen LogP contribution in [0.5, 0.6) is 0 Å². The van der Waals surface area contributed by atoms with Crippen LogP contribution in [0.4, 0.5) is 0 Å². The number of hydrogen-bond donors (Lipinski definition) is 0. The lowest BCUT2D eigenvalue weighted by Gasteiger charge is -1.83. The number of carbonyl (C=O) groups excluding carboxylic acids is 1. The van der Waals surface area contributed by atoms with Gasteiger partial charge in [0.1, 0.15) is 0 Å². The molecular formula is C7H8BrNO. The first-order chi connectivity index (χ1) is 4.33. The number of aromatic nitrogens is 1. The van der Waals surface area contributed by atoms with Gasteiger partial charge in [0.2, 0.25) is 0 Å². The number of hydrogen-bond acceptors (Lipinski definition) is 1. The Morgan fingerprint density at radius 1 is 1.40 bits per heavy atom. The third-order valence-electron chi connectivity index (χ3n) is 1.14. The van der Waals surface area contributed by atoms with Gasteiger partial charge < -0.3 is 17.0 Å². The molecule has 3 heteroatoms. The Labute approximate surface area is 70.3 Å². The standard InChI is InChI=1S/C7H8NO.BrH/c1-7-2-4-8(6-9)5-3-7;/h2-6H,1H3;1H/q+1;/p-1. The molecule has 0 aliphatic heterocycles. The van der Waals surface area contributed by atoms with Crippen molar-refractivity contribution in [3.05, 3.63) is 30.1 Å². The van der Waals surface area contributed by atoms with Gasteiger partial charge in [-0.15, -0.1) is 4.57 Å². The van der Waals surface area contributed by atoms with Crippen LogP contribution in [0.1, 0.15) is 5.56 Å². The fourth-order valence-corrected chi connectivity index (χ4v) is 0.583. The van der Waals surface area contributed by atoms with Crippen molar-refractivity contribution in [1.82, 2.24) is 0 Å². The predicted molar refractivity (Wildman–Crippen MR) is 33.5 cm³/mol. The lowest BCUT2D eigenvalue weighted by Crippen LogP contribution is -3.00. The fraction of sp³-hybridized carbons (Fsp3) is 0.143. The molecule has 0 saturated carbocycles. The highest BCUT2D eigenvalue weighted by Crippen LogP contribution is 1.87. The van der Waals surface area contributed by atoms with Crippen molar-refractivity contribution in [2.24, 2.45) is 0 Å². The molecule has 54 valence electrons. The predicted octanol–water partition coefficient (Wildman–Crippen LogP) is -2.68. The SMILES string of the molecule is Cc1cc[n+](C=O)cc1.[Br-]. The molecule has 0 amide bonds. The van der Waals surface area contributed by atoms with E-state index in [0.717, 1.165) is 12.0 Å². The highest BCUT2D eigenvalue weighted by Gasteiger charge is 1.91. The van der Waals surface area contributed by atoms with Gasteiger partial charge in [0.15, 0.2) is 12.4 Å². The molecule has 1 aromatic rings. The lowest BCUT2D eigenvalue weighted by molar-refractivity contribution is -0.552. The van der Waals surface area contributed by atoms with E-state index in [0.29, 0.717) is 0 Å². The maximum absolute atomic E-state index is 10.1. The molecule has 0 aliphatic carbocycles. The molecule has 0 aliphatic rings. The molecule has 1 rings (SSSR count). The van der Waals surface area contributed by atoms with Gasteiger partial charge in [0.05, 0.1) is 0 Å². The number of nitrogens with zero attached hydrogens (tertiary/aromatic N) is 1. The fourth-order valence-electron chi connectivity index (χ4n) is 0.583. The summed E-state index contributed by atoms with van der Waals surface area (Å²) in [6.45, 7) is 1.98. The number of carbonyl (C=O) groups is 1. The summed E-state index contributed by atoms with van der Waals surface area (Å²) in [5.74, 6) is 0. The van der Waals surface area contributed by atoms with E-state index >= 15 is 0 Å². The molecule has 0 aromatic carbocycles. The van der Waals surface area contributed by atoms with Crippen LogP contribution in [-0.2, 0) is 4.79 Å². The molecule has 0 radical (unpaired) electrons. The van der Waals surface area contributed by atoms with Crippen LogP contribution >= 0.6 is 0 Å². The molecule has 0 unspecified atom stereocenters. The van der Waals surface area contributed by atoms with Crippen molar-refractivity contribution < 1.29 is 26.3 Å². The summed E-state index contributed by atoms with van der Waals surface area (Å²) < 4.78 is 1.47. The Morgan fingerprint density at radius 3 is 2.30 bits per heavy atom. The average Bonchev–Trinajstić information content (AvgIpc) is 1.90. The first-order valence-electron chi connectivity index (χ1n) is 2.75. The van der Waals surface area contributed by atoms with Crippen molar-refractivity contribution in [2.45, 2.75) is 6.92 Å². The third-order valence-corrected chi connectivity index (χ3v) is 1.14. The largest absolute Gasteiger partial charge is 1.00 e. The van der Waals surface area contributed by atoms with E-state index in [1.807, 2.05) is 19.1 Å². The molecule has 0 atom stereocenters. The molecule has 10 heavy (non-hydrogen) atoms. The summed E-state index contributed by atoms with van der Waals surface area (Å²) in [5, 5.41) is 0. The van der Waals surface area contributed by atoms with Gasteiger partial charge in [-0.2, -0.15) is 0 Å². The van der Waals surface area contributed by atoms with E-state index in [-0.39, 0.29) is 17.0 Å². The van der Waals surface area contributed by atoms with Crippen LogP contribution in [0, 0.1) is 6.92 Å². The maximum Gasteiger partial charge on any atom is 0.380 e. The zero-order chi connectivity index (χ0) is 6.69. The second-order valence-electron chi connectivity index (χ2n) is 1.93. The number of pyridine rings is 1. The van der Waals surface area contributed by atoms with E-state index in [1.165, 1.54) is 4.57 Å². The van der Waals surface area contributed by atoms with Gasteiger partial charge in [-0.05, 0) is 12.5 Å². The molecule has 2 nitrogen and oxygen atoms in total. The van der Waals surface area contributed by atoms with Crippen LogP contribution in [-0.4, -0.2) is 6.41 Å². The van der Waals surface area contributed by atoms with E-state index in [1.54, 1.807) is 12.4 Å². The van der Waals surface area contributed by atoms with Crippen molar-refractivity contribution in [3.8, 4) is 0 Å². The second-order valence-corrected chi connectivity index (χ2v) is 1.93. The van der Waals surface area contributed by atoms with Gasteiger partial charge in [0, 0.05) is 12.1 Å². The molecule has 1 heterocycles. The quantitative estimate of drug-likeness (QED) is 0.359. The first-order valence-corrected chi connectivity index (χ1v) is 2.75. The Morgan fingerprint density at radius 2 is 1.90 bits per heavy atom. The summed E-state index contributed by atoms with van der Waals surface area (Å²) in [6, 6.07) is 3.77. The van der Waals surface area contributed by atoms with Crippen molar-refractivity contribution in [1.29, 1.82) is 0 Å². The maximum atomic E-state index is 10.1. The zero-order valence-corrected chi connectivity index (χ0v) is 7.21. The van der Waals surface area contributed by atoms with Gasteiger partial charge in [0.25, 0.3) is 0 Å². The Bertz CT molecular complexity index is 207. The monoisotopic (exact) mass is 201 g/mol. The topological polar surface area (TPSA) is 20.9 Å². The summed E-state index contributed by atoms with van der Waals surface area (Å²) >= 11 is 0. The van der Waals surface area contributed by atoms with E-state index in [9.17, 15) is 4.79 Å². The Balaban J connectivity index is 0.000000810. The lowest BCUT2D eigenvalue weighted by atomic mass is 10.3. The minimum atomic E-state index is 0. The third kappa shape index (κ3) is 2.27. The molecule has 0 bridgehead atoms. The van der Waals surface area contributed by atoms with Gasteiger partial charge in [-0.25, -0.2) is 4.79 Å². The first kappa shape index (κ1) is 9.30. The van der Waals surface area contributed by atoms with E-state index in [4.69, 9.17) is 0 Å². The Kier molecular flexibility index (Phi) is 3.88. The molecule has 0 saturated heterocycles. The van der Waals surface area contributed by atoms with Crippen LogP contribution in [0.3, 0.4) is 0 Å². The van der Waals surface area contributed by atoms with Crippen LogP contribution in [0.2, 0.25) is 0 Å². The summed E-state index contributed by atoms with van der Waals surface area (Å²) in [6.07, 6.45) is 4.21. The van der Waals surface area contributed by atoms with Gasteiger partial charge in [-0.1, -0.05) is 0 Å². The highest BCUT2D eigenvalue weighted by atomic mass is 79.9. The van der Waals surface area contributed by atoms with Gasteiger partial charge >= 0.3 is 6.41 Å². The molecule has 0 spiro atoms. The molecule has 0 N–H and O–H groups in total. The van der Waals surface area contributed by atoms with Crippen LogP contribution in [0.25, 0.3) is 0 Å². The van der Waals surface area contributed by atoms with Crippen LogP contribution < -0.4 is 21.5 Å².